The fraction of sp³-hybridized carbons (Fsp3) is 0.0769. The van der Waals surface area contributed by atoms with Crippen LogP contribution in [0.2, 0.25) is 0 Å². The molecule has 0 spiro atoms. The number of nitrogens with one attached hydrogen (secondary N) is 1. The van der Waals surface area contributed by atoms with E-state index >= 15 is 0 Å². The lowest BCUT2D eigenvalue weighted by Gasteiger charge is -2.11. The van der Waals surface area contributed by atoms with Gasteiger partial charge < -0.3 is 11.1 Å². The van der Waals surface area contributed by atoms with E-state index in [1.54, 1.807) is 0 Å². The van der Waals surface area contributed by atoms with Gasteiger partial charge in [0.25, 0.3) is 0 Å². The van der Waals surface area contributed by atoms with Gasteiger partial charge in [-0.3, -0.25) is 0 Å². The van der Waals surface area contributed by atoms with Crippen LogP contribution >= 0.6 is 0 Å². The molecule has 0 unspecified atom stereocenters. The fourth-order valence-corrected chi connectivity index (χ4v) is 1.61. The molecule has 0 radical (unpaired) electrons. The van der Waals surface area contributed by atoms with Crippen molar-refractivity contribution in [2.24, 2.45) is 0 Å². The Labute approximate surface area is 106 Å². The summed E-state index contributed by atoms with van der Waals surface area (Å²) in [4.78, 5) is 0. The predicted molar refractivity (Wildman–Crippen MR) is 64.5 cm³/mol. The molecule has 0 fully saturated rings. The van der Waals surface area contributed by atoms with Gasteiger partial charge in [0, 0.05) is 12.1 Å². The maximum atomic E-state index is 13.5. The van der Waals surface area contributed by atoms with Gasteiger partial charge >= 0.3 is 0 Å². The standard InChI is InChI=1S/C13H10F4N2/c14-8-1-2-9(15)7(5-8)6-19-13-11(18)4-3-10(16)12(13)17/h1-5,19H,6,18H2. The Hall–Kier alpha value is -2.24. The van der Waals surface area contributed by atoms with Gasteiger partial charge in [0.2, 0.25) is 0 Å². The second-order valence-electron chi connectivity index (χ2n) is 3.91. The third-order valence-electron chi connectivity index (χ3n) is 2.59. The van der Waals surface area contributed by atoms with Gasteiger partial charge in [0.15, 0.2) is 11.6 Å². The van der Waals surface area contributed by atoms with Crippen LogP contribution in [0, 0.1) is 23.3 Å². The lowest BCUT2D eigenvalue weighted by atomic mass is 10.2. The van der Waals surface area contributed by atoms with E-state index in [9.17, 15) is 17.6 Å². The summed E-state index contributed by atoms with van der Waals surface area (Å²) >= 11 is 0. The maximum Gasteiger partial charge on any atom is 0.183 e. The highest BCUT2D eigenvalue weighted by molar-refractivity contribution is 5.66. The highest BCUT2D eigenvalue weighted by Crippen LogP contribution is 2.25. The molecule has 0 atom stereocenters. The Kier molecular flexibility index (Phi) is 3.59. The first kappa shape index (κ1) is 13.2. The van der Waals surface area contributed by atoms with Crippen molar-refractivity contribution in [3.8, 4) is 0 Å². The lowest BCUT2D eigenvalue weighted by Crippen LogP contribution is -2.07. The number of benzene rings is 2. The van der Waals surface area contributed by atoms with E-state index in [1.807, 2.05) is 0 Å². The van der Waals surface area contributed by atoms with Crippen LogP contribution < -0.4 is 11.1 Å². The van der Waals surface area contributed by atoms with Crippen molar-refractivity contribution in [3.05, 3.63) is 59.2 Å². The van der Waals surface area contributed by atoms with Gasteiger partial charge in [-0.2, -0.15) is 0 Å². The summed E-state index contributed by atoms with van der Waals surface area (Å²) in [5, 5.41) is 2.46. The Morgan fingerprint density at radius 1 is 0.947 bits per heavy atom. The second kappa shape index (κ2) is 5.17. The summed E-state index contributed by atoms with van der Waals surface area (Å²) in [6.07, 6.45) is 0. The summed E-state index contributed by atoms with van der Waals surface area (Å²) in [7, 11) is 0. The summed E-state index contributed by atoms with van der Waals surface area (Å²) < 4.78 is 52.8. The van der Waals surface area contributed by atoms with Crippen LogP contribution in [-0.2, 0) is 6.54 Å². The Morgan fingerprint density at radius 2 is 1.63 bits per heavy atom. The van der Waals surface area contributed by atoms with Crippen molar-refractivity contribution in [3.63, 3.8) is 0 Å². The minimum Gasteiger partial charge on any atom is -0.397 e. The Morgan fingerprint density at radius 3 is 2.37 bits per heavy atom. The van der Waals surface area contributed by atoms with Crippen LogP contribution in [-0.4, -0.2) is 0 Å². The highest BCUT2D eigenvalue weighted by Gasteiger charge is 2.12. The molecular formula is C13H10F4N2. The molecule has 2 nitrogen and oxygen atoms in total. The van der Waals surface area contributed by atoms with Crippen molar-refractivity contribution in [2.75, 3.05) is 11.1 Å². The largest absolute Gasteiger partial charge is 0.397 e. The third-order valence-corrected chi connectivity index (χ3v) is 2.59. The van der Waals surface area contributed by atoms with Crippen molar-refractivity contribution in [1.29, 1.82) is 0 Å². The summed E-state index contributed by atoms with van der Waals surface area (Å²) in [5.74, 6) is -3.50. The molecule has 3 N–H and O–H groups in total. The van der Waals surface area contributed by atoms with E-state index in [1.165, 1.54) is 6.07 Å². The fourth-order valence-electron chi connectivity index (χ4n) is 1.61. The number of rotatable bonds is 3. The van der Waals surface area contributed by atoms with Crippen LogP contribution in [0.1, 0.15) is 5.56 Å². The van der Waals surface area contributed by atoms with E-state index in [0.717, 1.165) is 24.3 Å². The van der Waals surface area contributed by atoms with Crippen LogP contribution in [0.5, 0.6) is 0 Å². The van der Waals surface area contributed by atoms with E-state index in [2.05, 4.69) is 5.32 Å². The average molecular weight is 270 g/mol. The van der Waals surface area contributed by atoms with Crippen molar-refractivity contribution in [1.82, 2.24) is 0 Å². The van der Waals surface area contributed by atoms with Crippen molar-refractivity contribution < 1.29 is 17.6 Å². The molecule has 19 heavy (non-hydrogen) atoms. The molecule has 0 aliphatic rings. The topological polar surface area (TPSA) is 38.0 Å². The second-order valence-corrected chi connectivity index (χ2v) is 3.91. The quantitative estimate of drug-likeness (QED) is 0.662. The smallest absolute Gasteiger partial charge is 0.183 e. The Bertz CT molecular complexity index is 614. The molecule has 0 amide bonds. The number of anilines is 2. The molecule has 0 aliphatic carbocycles. The van der Waals surface area contributed by atoms with Gasteiger partial charge in [-0.05, 0) is 30.3 Å². The number of hydrogen-bond acceptors (Lipinski definition) is 2. The van der Waals surface area contributed by atoms with Crippen molar-refractivity contribution >= 4 is 11.4 Å². The predicted octanol–water partition coefficient (Wildman–Crippen LogP) is 3.44. The molecule has 2 rings (SSSR count). The van der Waals surface area contributed by atoms with Crippen LogP contribution in [0.4, 0.5) is 28.9 Å². The zero-order chi connectivity index (χ0) is 14.0. The van der Waals surface area contributed by atoms with E-state index in [0.29, 0.717) is 0 Å². The first-order valence-electron chi connectivity index (χ1n) is 5.40. The Balaban J connectivity index is 2.24. The van der Waals surface area contributed by atoms with Crippen LogP contribution in [0.25, 0.3) is 0 Å². The molecule has 0 aromatic heterocycles. The number of hydrogen-bond donors (Lipinski definition) is 2. The van der Waals surface area contributed by atoms with Crippen molar-refractivity contribution in [2.45, 2.75) is 6.54 Å². The lowest BCUT2D eigenvalue weighted by molar-refractivity contribution is 0.511. The third kappa shape index (κ3) is 2.78. The molecule has 0 saturated carbocycles. The van der Waals surface area contributed by atoms with Gasteiger partial charge in [0.05, 0.1) is 11.4 Å². The summed E-state index contributed by atoms with van der Waals surface area (Å²) in [5.41, 5.74) is 5.18. The summed E-state index contributed by atoms with van der Waals surface area (Å²) in [6, 6.07) is 4.96. The minimum absolute atomic E-state index is 0.0111. The zero-order valence-electron chi connectivity index (χ0n) is 9.68. The van der Waals surface area contributed by atoms with Gasteiger partial charge in [-0.15, -0.1) is 0 Å². The molecule has 0 heterocycles. The first-order chi connectivity index (χ1) is 8.99. The van der Waals surface area contributed by atoms with Crippen LogP contribution in [0.15, 0.2) is 30.3 Å². The molecule has 0 saturated heterocycles. The number of nitrogens with two attached hydrogens (primary N) is 1. The molecule has 0 bridgehead atoms. The highest BCUT2D eigenvalue weighted by atomic mass is 19.2. The molecule has 100 valence electrons. The molecule has 2 aromatic carbocycles. The molecule has 6 heteroatoms. The zero-order valence-corrected chi connectivity index (χ0v) is 9.68. The number of nitrogen functional groups attached to an aromatic ring is 1. The van der Waals surface area contributed by atoms with E-state index in [4.69, 9.17) is 5.73 Å². The van der Waals surface area contributed by atoms with E-state index in [-0.39, 0.29) is 23.5 Å². The summed E-state index contributed by atoms with van der Waals surface area (Å²) in [6.45, 7) is -0.214. The average Bonchev–Trinajstić information content (AvgIpc) is 2.38. The maximum absolute atomic E-state index is 13.5. The van der Waals surface area contributed by atoms with Crippen LogP contribution in [0.3, 0.4) is 0 Å². The molecular weight excluding hydrogens is 260 g/mol. The molecule has 2 aromatic rings. The normalized spacial score (nSPS) is 10.5. The number of halogens is 4. The minimum atomic E-state index is -1.16. The first-order valence-corrected chi connectivity index (χ1v) is 5.40. The van der Waals surface area contributed by atoms with E-state index < -0.39 is 23.3 Å². The van der Waals surface area contributed by atoms with Gasteiger partial charge in [-0.25, -0.2) is 17.6 Å². The monoisotopic (exact) mass is 270 g/mol. The molecule has 0 aliphatic heterocycles. The van der Waals surface area contributed by atoms with Gasteiger partial charge in [-0.1, -0.05) is 0 Å². The SMILES string of the molecule is Nc1ccc(F)c(F)c1NCc1cc(F)ccc1F. The van der Waals surface area contributed by atoms with Gasteiger partial charge in [0.1, 0.15) is 11.6 Å².